The molecule has 1 N–H and O–H groups in total. The summed E-state index contributed by atoms with van der Waals surface area (Å²) in [6.45, 7) is 1.96. The highest BCUT2D eigenvalue weighted by Gasteiger charge is 2.26. The van der Waals surface area contributed by atoms with Crippen molar-refractivity contribution in [3.8, 4) is 5.75 Å². The number of phenols is 1. The van der Waals surface area contributed by atoms with E-state index in [1.54, 1.807) is 12.1 Å². The molecule has 2 aromatic carbocycles. The Morgan fingerprint density at radius 3 is 2.33 bits per heavy atom. The zero-order chi connectivity index (χ0) is 12.7. The number of ketones is 1. The molecule has 88 valence electrons. The van der Waals surface area contributed by atoms with Gasteiger partial charge in [-0.15, -0.1) is 0 Å². The average Bonchev–Trinajstić information content (AvgIpc) is 2.40. The number of fused-ring (bicyclic) bond motifs is 2. The molecule has 0 aromatic heterocycles. The first-order valence-corrected chi connectivity index (χ1v) is 5.86. The Morgan fingerprint density at radius 2 is 1.61 bits per heavy atom. The number of allylic oxidation sites excluding steroid dienone is 1. The number of carbonyl (C=O) groups is 1. The summed E-state index contributed by atoms with van der Waals surface area (Å²) in [6, 6.07) is 12.5. The van der Waals surface area contributed by atoms with Crippen LogP contribution in [-0.4, -0.2) is 10.9 Å². The maximum absolute atomic E-state index is 12.4. The molecule has 0 atom stereocenters. The molecule has 0 heterocycles. The van der Waals surface area contributed by atoms with Crippen LogP contribution in [0.4, 0.5) is 0 Å². The molecule has 1 aliphatic rings. The molecule has 0 aliphatic heterocycles. The van der Waals surface area contributed by atoms with Gasteiger partial charge in [-0.05, 0) is 41.8 Å². The minimum Gasteiger partial charge on any atom is -0.508 e. The van der Waals surface area contributed by atoms with Crippen LogP contribution < -0.4 is 0 Å². The molecule has 0 amide bonds. The van der Waals surface area contributed by atoms with Gasteiger partial charge in [0, 0.05) is 11.1 Å². The van der Waals surface area contributed by atoms with Crippen molar-refractivity contribution in [2.24, 2.45) is 0 Å². The fourth-order valence-corrected chi connectivity index (χ4v) is 2.47. The monoisotopic (exact) mass is 236 g/mol. The summed E-state index contributed by atoms with van der Waals surface area (Å²) in [5.74, 6) is 0.0963. The highest BCUT2D eigenvalue weighted by atomic mass is 16.3. The maximum atomic E-state index is 12.4. The van der Waals surface area contributed by atoms with Gasteiger partial charge in [-0.3, -0.25) is 4.79 Å². The fraction of sp³-hybridized carbons (Fsp3) is 0.0625. The van der Waals surface area contributed by atoms with Crippen molar-refractivity contribution in [2.75, 3.05) is 0 Å². The number of benzene rings is 2. The fourth-order valence-electron chi connectivity index (χ4n) is 2.47. The van der Waals surface area contributed by atoms with Crippen molar-refractivity contribution >= 4 is 11.4 Å². The number of hydrogen-bond acceptors (Lipinski definition) is 2. The number of carbonyl (C=O) groups excluding carboxylic acids is 1. The number of rotatable bonds is 0. The van der Waals surface area contributed by atoms with E-state index in [4.69, 9.17) is 0 Å². The van der Waals surface area contributed by atoms with Gasteiger partial charge >= 0.3 is 0 Å². The lowest BCUT2D eigenvalue weighted by molar-refractivity contribution is 0.103. The van der Waals surface area contributed by atoms with E-state index >= 15 is 0 Å². The molecule has 1 aliphatic carbocycles. The minimum atomic E-state index is -0.0258. The zero-order valence-corrected chi connectivity index (χ0v) is 9.97. The van der Waals surface area contributed by atoms with Crippen LogP contribution in [0.2, 0.25) is 0 Å². The normalized spacial score (nSPS) is 15.4. The Balaban J connectivity index is 2.36. The van der Waals surface area contributed by atoms with Crippen molar-refractivity contribution in [2.45, 2.75) is 6.92 Å². The Bertz CT molecular complexity index is 681. The zero-order valence-electron chi connectivity index (χ0n) is 9.97. The molecule has 0 fully saturated rings. The van der Waals surface area contributed by atoms with Gasteiger partial charge in [0.15, 0.2) is 5.78 Å². The molecule has 0 saturated heterocycles. The van der Waals surface area contributed by atoms with E-state index in [0.717, 1.165) is 16.7 Å². The first-order chi connectivity index (χ1) is 8.72. The van der Waals surface area contributed by atoms with E-state index in [1.165, 1.54) is 6.07 Å². The van der Waals surface area contributed by atoms with Gasteiger partial charge in [-0.2, -0.15) is 0 Å². The van der Waals surface area contributed by atoms with Crippen LogP contribution in [0.15, 0.2) is 48.5 Å². The molecule has 0 saturated carbocycles. The van der Waals surface area contributed by atoms with Crippen LogP contribution in [0.3, 0.4) is 0 Å². The van der Waals surface area contributed by atoms with Crippen LogP contribution in [0.5, 0.6) is 5.75 Å². The summed E-state index contributed by atoms with van der Waals surface area (Å²) >= 11 is 0. The SMILES string of the molecule is CC=C1c2ccccc2C(=O)c2cc(O)ccc21. The van der Waals surface area contributed by atoms with E-state index < -0.39 is 0 Å². The van der Waals surface area contributed by atoms with Gasteiger partial charge in [-0.1, -0.05) is 30.3 Å². The Labute approximate surface area is 105 Å². The highest BCUT2D eigenvalue weighted by molar-refractivity contribution is 6.18. The average molecular weight is 236 g/mol. The van der Waals surface area contributed by atoms with Gasteiger partial charge in [0.1, 0.15) is 5.75 Å². The van der Waals surface area contributed by atoms with Crippen LogP contribution in [0.25, 0.3) is 5.57 Å². The van der Waals surface area contributed by atoms with Crippen LogP contribution >= 0.6 is 0 Å². The molecular formula is C16H12O2. The molecule has 18 heavy (non-hydrogen) atoms. The Hall–Kier alpha value is -2.35. The van der Waals surface area contributed by atoms with Crippen molar-refractivity contribution in [3.63, 3.8) is 0 Å². The second-order valence-corrected chi connectivity index (χ2v) is 4.31. The summed E-state index contributed by atoms with van der Waals surface area (Å²) in [7, 11) is 0. The lowest BCUT2D eigenvalue weighted by Crippen LogP contribution is -2.14. The summed E-state index contributed by atoms with van der Waals surface area (Å²) in [5.41, 5.74) is 4.16. The molecule has 3 rings (SSSR count). The van der Waals surface area contributed by atoms with E-state index in [2.05, 4.69) is 0 Å². The Kier molecular flexibility index (Phi) is 2.30. The molecule has 0 unspecified atom stereocenters. The lowest BCUT2D eigenvalue weighted by Gasteiger charge is -2.21. The first kappa shape index (κ1) is 10.8. The third-order valence-electron chi connectivity index (χ3n) is 3.29. The largest absolute Gasteiger partial charge is 0.508 e. The summed E-state index contributed by atoms with van der Waals surface area (Å²) in [4.78, 5) is 12.4. The second kappa shape index (κ2) is 3.84. The molecule has 0 bridgehead atoms. The Morgan fingerprint density at radius 1 is 0.944 bits per heavy atom. The third kappa shape index (κ3) is 1.39. The molecule has 0 spiro atoms. The molecule has 0 radical (unpaired) electrons. The summed E-state index contributed by atoms with van der Waals surface area (Å²) < 4.78 is 0. The first-order valence-electron chi connectivity index (χ1n) is 5.86. The lowest BCUT2D eigenvalue weighted by atomic mass is 9.81. The number of hydrogen-bond donors (Lipinski definition) is 1. The topological polar surface area (TPSA) is 37.3 Å². The van der Waals surface area contributed by atoms with Crippen LogP contribution in [0, 0.1) is 0 Å². The highest BCUT2D eigenvalue weighted by Crippen LogP contribution is 2.36. The third-order valence-corrected chi connectivity index (χ3v) is 3.29. The second-order valence-electron chi connectivity index (χ2n) is 4.31. The van der Waals surface area contributed by atoms with E-state index in [0.29, 0.717) is 11.1 Å². The number of phenolic OH excluding ortho intramolecular Hbond substituents is 1. The van der Waals surface area contributed by atoms with Gasteiger partial charge in [0.2, 0.25) is 0 Å². The summed E-state index contributed by atoms with van der Waals surface area (Å²) in [6.07, 6.45) is 2.00. The van der Waals surface area contributed by atoms with Crippen molar-refractivity contribution < 1.29 is 9.90 Å². The minimum absolute atomic E-state index is 0.0258. The van der Waals surface area contributed by atoms with Crippen LogP contribution in [0.1, 0.15) is 34.0 Å². The molecule has 2 nitrogen and oxygen atoms in total. The quantitative estimate of drug-likeness (QED) is 0.649. The van der Waals surface area contributed by atoms with E-state index in [9.17, 15) is 9.90 Å². The van der Waals surface area contributed by atoms with E-state index in [1.807, 2.05) is 37.3 Å². The van der Waals surface area contributed by atoms with Gasteiger partial charge in [-0.25, -0.2) is 0 Å². The van der Waals surface area contributed by atoms with Crippen LogP contribution in [-0.2, 0) is 0 Å². The van der Waals surface area contributed by atoms with Crippen molar-refractivity contribution in [3.05, 3.63) is 70.8 Å². The van der Waals surface area contributed by atoms with Crippen molar-refractivity contribution in [1.29, 1.82) is 0 Å². The maximum Gasteiger partial charge on any atom is 0.194 e. The standard InChI is InChI=1S/C16H12O2/c1-2-11-12-5-3-4-6-14(12)16(18)15-9-10(17)7-8-13(11)15/h2-9,17H,1H3. The van der Waals surface area contributed by atoms with Crippen molar-refractivity contribution in [1.82, 2.24) is 0 Å². The molecule has 2 aromatic rings. The predicted octanol–water partition coefficient (Wildman–Crippen LogP) is 3.39. The predicted molar refractivity (Wildman–Crippen MR) is 70.7 cm³/mol. The number of aromatic hydroxyl groups is 1. The smallest absolute Gasteiger partial charge is 0.194 e. The molecular weight excluding hydrogens is 224 g/mol. The van der Waals surface area contributed by atoms with Gasteiger partial charge in [0.05, 0.1) is 0 Å². The summed E-state index contributed by atoms with van der Waals surface area (Å²) in [5, 5.41) is 9.54. The van der Waals surface area contributed by atoms with Gasteiger partial charge in [0.25, 0.3) is 0 Å². The van der Waals surface area contributed by atoms with E-state index in [-0.39, 0.29) is 11.5 Å². The molecule has 2 heteroatoms. The van der Waals surface area contributed by atoms with Gasteiger partial charge < -0.3 is 5.11 Å².